The van der Waals surface area contributed by atoms with E-state index in [1.54, 1.807) is 0 Å². The highest BCUT2D eigenvalue weighted by Crippen LogP contribution is 2.33. The lowest BCUT2D eigenvalue weighted by atomic mass is 9.91. The summed E-state index contributed by atoms with van der Waals surface area (Å²) in [6.07, 6.45) is 1.53. The van der Waals surface area contributed by atoms with Crippen LogP contribution in [-0.4, -0.2) is 21.6 Å². The molecule has 1 N–H and O–H groups in total. The first kappa shape index (κ1) is 18.4. The summed E-state index contributed by atoms with van der Waals surface area (Å²) in [5.74, 6) is -1.91. The van der Waals surface area contributed by atoms with Gasteiger partial charge in [-0.25, -0.2) is 21.9 Å². The van der Waals surface area contributed by atoms with Gasteiger partial charge in [0, 0.05) is 24.2 Å². The normalized spacial score (nSPS) is 17.5. The van der Waals surface area contributed by atoms with Gasteiger partial charge >= 0.3 is 0 Å². The molecular formula is C17H19F2NO3S2. The smallest absolute Gasteiger partial charge is 0.216 e. The van der Waals surface area contributed by atoms with E-state index in [0.29, 0.717) is 13.2 Å². The molecule has 0 spiro atoms. The van der Waals surface area contributed by atoms with Crippen molar-refractivity contribution in [1.29, 1.82) is 0 Å². The molecule has 0 radical (unpaired) electrons. The first-order valence-corrected chi connectivity index (χ1v) is 10.5. The highest BCUT2D eigenvalue weighted by molar-refractivity contribution is 7.88. The Balaban J connectivity index is 1.79. The summed E-state index contributed by atoms with van der Waals surface area (Å²) >= 11 is 1.49. The number of nitrogens with one attached hydrogen (secondary N) is 1. The summed E-state index contributed by atoms with van der Waals surface area (Å²) in [6, 6.07) is 6.22. The quantitative estimate of drug-likeness (QED) is 0.824. The molecule has 1 aromatic carbocycles. The van der Waals surface area contributed by atoms with Crippen LogP contribution in [0.2, 0.25) is 0 Å². The van der Waals surface area contributed by atoms with Crippen molar-refractivity contribution < 1.29 is 21.9 Å². The maximum Gasteiger partial charge on any atom is 0.216 e. The zero-order chi connectivity index (χ0) is 17.9. The average molecular weight is 387 g/mol. The lowest BCUT2D eigenvalue weighted by Gasteiger charge is -2.30. The molecule has 1 aliphatic rings. The molecule has 1 aliphatic heterocycles. The second-order valence-electron chi connectivity index (χ2n) is 6.10. The van der Waals surface area contributed by atoms with Crippen molar-refractivity contribution >= 4 is 21.4 Å². The van der Waals surface area contributed by atoms with E-state index in [-0.39, 0.29) is 17.5 Å². The number of rotatable bonds is 6. The van der Waals surface area contributed by atoms with Crippen LogP contribution in [0.4, 0.5) is 8.78 Å². The third-order valence-corrected chi connectivity index (χ3v) is 6.45. The Bertz CT molecular complexity index is 783. The summed E-state index contributed by atoms with van der Waals surface area (Å²) in [5.41, 5.74) is 0.0851. The Labute approximate surface area is 149 Å². The minimum atomic E-state index is -3.76. The monoisotopic (exact) mass is 387 g/mol. The summed E-state index contributed by atoms with van der Waals surface area (Å²) in [6.45, 7) is 1.20. The molecule has 2 heterocycles. The summed E-state index contributed by atoms with van der Waals surface area (Å²) in [5, 5.41) is 1.90. The molecule has 0 amide bonds. The van der Waals surface area contributed by atoms with Crippen molar-refractivity contribution in [2.45, 2.75) is 24.6 Å². The third kappa shape index (κ3) is 5.07. The van der Waals surface area contributed by atoms with E-state index in [1.165, 1.54) is 11.3 Å². The van der Waals surface area contributed by atoms with Crippen LogP contribution < -0.4 is 4.72 Å². The molecule has 8 heteroatoms. The van der Waals surface area contributed by atoms with E-state index >= 15 is 0 Å². The molecule has 4 nitrogen and oxygen atoms in total. The van der Waals surface area contributed by atoms with Gasteiger partial charge < -0.3 is 4.74 Å². The zero-order valence-electron chi connectivity index (χ0n) is 13.5. The number of sulfonamides is 1. The minimum Gasteiger partial charge on any atom is -0.381 e. The highest BCUT2D eigenvalue weighted by Gasteiger charge is 2.30. The van der Waals surface area contributed by atoms with Crippen LogP contribution in [0.5, 0.6) is 0 Å². The van der Waals surface area contributed by atoms with Crippen molar-refractivity contribution in [3.63, 3.8) is 0 Å². The van der Waals surface area contributed by atoms with E-state index in [2.05, 4.69) is 4.72 Å². The van der Waals surface area contributed by atoms with Crippen LogP contribution in [0.25, 0.3) is 0 Å². The van der Waals surface area contributed by atoms with Crippen LogP contribution >= 0.6 is 11.3 Å². The van der Waals surface area contributed by atoms with E-state index in [4.69, 9.17) is 4.74 Å². The van der Waals surface area contributed by atoms with Gasteiger partial charge in [0.2, 0.25) is 10.0 Å². The highest BCUT2D eigenvalue weighted by atomic mass is 32.2. The summed E-state index contributed by atoms with van der Waals surface area (Å²) in [7, 11) is -3.76. The molecule has 3 rings (SSSR count). The molecule has 1 unspecified atom stereocenters. The first-order valence-electron chi connectivity index (χ1n) is 7.99. The Morgan fingerprint density at radius 3 is 2.48 bits per heavy atom. The molecule has 0 saturated carbocycles. The molecule has 1 fully saturated rings. The molecule has 1 saturated heterocycles. The molecule has 1 atom stereocenters. The molecule has 25 heavy (non-hydrogen) atoms. The second-order valence-corrected chi connectivity index (χ2v) is 8.83. The summed E-state index contributed by atoms with van der Waals surface area (Å²) in [4.78, 5) is 0.931. The van der Waals surface area contributed by atoms with Crippen LogP contribution in [-0.2, 0) is 20.5 Å². The standard InChI is InChI=1S/C17H19F2NO3S2/c18-14-8-12(9-15(19)10-14)11-25(21,22)20-17(16-2-1-7-24-16)13-3-5-23-6-4-13/h1-2,7-10,13,17,20H,3-6,11H2. The number of hydrogen-bond acceptors (Lipinski definition) is 4. The van der Waals surface area contributed by atoms with Crippen LogP contribution in [0, 0.1) is 17.6 Å². The maximum atomic E-state index is 13.3. The molecule has 136 valence electrons. The van der Waals surface area contributed by atoms with Gasteiger partial charge in [-0.3, -0.25) is 0 Å². The van der Waals surface area contributed by atoms with Gasteiger partial charge in [0.1, 0.15) is 11.6 Å². The molecular weight excluding hydrogens is 368 g/mol. The van der Waals surface area contributed by atoms with Crippen molar-refractivity contribution in [2.75, 3.05) is 13.2 Å². The number of benzene rings is 1. The van der Waals surface area contributed by atoms with Gasteiger partial charge in [-0.2, -0.15) is 0 Å². The third-order valence-electron chi connectivity index (χ3n) is 4.17. The SMILES string of the molecule is O=S(=O)(Cc1cc(F)cc(F)c1)NC(c1cccs1)C1CCOCC1. The van der Waals surface area contributed by atoms with Crippen molar-refractivity contribution in [2.24, 2.45) is 5.92 Å². The second kappa shape index (κ2) is 7.90. The Morgan fingerprint density at radius 1 is 1.20 bits per heavy atom. The van der Waals surface area contributed by atoms with E-state index in [1.807, 2.05) is 17.5 Å². The minimum absolute atomic E-state index is 0.0851. The van der Waals surface area contributed by atoms with E-state index < -0.39 is 27.4 Å². The van der Waals surface area contributed by atoms with Crippen LogP contribution in [0.15, 0.2) is 35.7 Å². The molecule has 2 aromatic rings. The van der Waals surface area contributed by atoms with Crippen LogP contribution in [0.3, 0.4) is 0 Å². The zero-order valence-corrected chi connectivity index (χ0v) is 15.1. The van der Waals surface area contributed by atoms with Crippen molar-refractivity contribution in [1.82, 2.24) is 4.72 Å². The van der Waals surface area contributed by atoms with E-state index in [0.717, 1.165) is 35.9 Å². The van der Waals surface area contributed by atoms with E-state index in [9.17, 15) is 17.2 Å². The van der Waals surface area contributed by atoms with Gasteiger partial charge in [0.05, 0.1) is 11.8 Å². The fraction of sp³-hybridized carbons (Fsp3) is 0.412. The number of hydrogen-bond donors (Lipinski definition) is 1. The van der Waals surface area contributed by atoms with Gasteiger partial charge in [-0.15, -0.1) is 11.3 Å². The molecule has 1 aromatic heterocycles. The Hall–Kier alpha value is -1.35. The fourth-order valence-corrected chi connectivity index (χ4v) is 5.39. The number of halogens is 2. The van der Waals surface area contributed by atoms with Gasteiger partial charge in [0.25, 0.3) is 0 Å². The van der Waals surface area contributed by atoms with Crippen LogP contribution in [0.1, 0.15) is 29.3 Å². The van der Waals surface area contributed by atoms with Crippen molar-refractivity contribution in [3.05, 3.63) is 57.8 Å². The average Bonchev–Trinajstić information content (AvgIpc) is 3.06. The Morgan fingerprint density at radius 2 is 1.88 bits per heavy atom. The topological polar surface area (TPSA) is 55.4 Å². The molecule has 0 bridgehead atoms. The first-order chi connectivity index (χ1) is 11.9. The lowest BCUT2D eigenvalue weighted by Crippen LogP contribution is -2.36. The summed E-state index contributed by atoms with van der Waals surface area (Å²) < 4.78 is 59.9. The van der Waals surface area contributed by atoms with Gasteiger partial charge in [-0.05, 0) is 47.9 Å². The fourth-order valence-electron chi connectivity index (χ4n) is 3.05. The number of thiophene rings is 1. The van der Waals surface area contributed by atoms with Gasteiger partial charge in [0.15, 0.2) is 0 Å². The largest absolute Gasteiger partial charge is 0.381 e. The number of ether oxygens (including phenoxy) is 1. The lowest BCUT2D eigenvalue weighted by molar-refractivity contribution is 0.0568. The van der Waals surface area contributed by atoms with Gasteiger partial charge in [-0.1, -0.05) is 6.07 Å². The van der Waals surface area contributed by atoms with Crippen molar-refractivity contribution in [3.8, 4) is 0 Å². The Kier molecular flexibility index (Phi) is 5.83. The maximum absolute atomic E-state index is 13.3. The molecule has 0 aliphatic carbocycles. The predicted octanol–water partition coefficient (Wildman–Crippen LogP) is 3.61. The predicted molar refractivity (Wildman–Crippen MR) is 92.7 cm³/mol.